The average Bonchev–Trinajstić information content (AvgIpc) is 2.85. The van der Waals surface area contributed by atoms with E-state index in [4.69, 9.17) is 0 Å². The van der Waals surface area contributed by atoms with E-state index in [0.717, 1.165) is 27.7 Å². The number of benzene rings is 2. The number of nitriles is 1. The van der Waals surface area contributed by atoms with Crippen molar-refractivity contribution in [2.45, 2.75) is 19.8 Å². The number of aromatic amines is 1. The first kappa shape index (κ1) is 12.5. The lowest BCUT2D eigenvalue weighted by Gasteiger charge is -2.11. The maximum atomic E-state index is 9.58. The number of aryl methyl sites for hydroxylation is 2. The molecule has 2 aromatic carbocycles. The van der Waals surface area contributed by atoms with Crippen molar-refractivity contribution in [2.24, 2.45) is 0 Å². The Labute approximate surface area is 118 Å². The molecule has 0 aliphatic rings. The normalized spacial score (nSPS) is 12.2. The van der Waals surface area contributed by atoms with Crippen molar-refractivity contribution in [1.82, 2.24) is 4.98 Å². The van der Waals surface area contributed by atoms with Gasteiger partial charge in [-0.1, -0.05) is 42.0 Å². The SMILES string of the molecule is Cc1ccc(C(C#N)c2cc3ccccc3[nH]2)c(C)c1. The maximum absolute atomic E-state index is 9.58. The molecule has 3 rings (SSSR count). The second kappa shape index (κ2) is 4.86. The fourth-order valence-corrected chi connectivity index (χ4v) is 2.71. The van der Waals surface area contributed by atoms with Gasteiger partial charge < -0.3 is 4.98 Å². The van der Waals surface area contributed by atoms with Crippen LogP contribution in [0.25, 0.3) is 10.9 Å². The monoisotopic (exact) mass is 260 g/mol. The molecule has 0 amide bonds. The van der Waals surface area contributed by atoms with Crippen LogP contribution in [0.4, 0.5) is 0 Å². The first-order valence-electron chi connectivity index (χ1n) is 6.73. The molecule has 98 valence electrons. The molecule has 0 fully saturated rings. The van der Waals surface area contributed by atoms with Gasteiger partial charge in [0.1, 0.15) is 5.92 Å². The van der Waals surface area contributed by atoms with Crippen LogP contribution >= 0.6 is 0 Å². The first-order valence-corrected chi connectivity index (χ1v) is 6.73. The lowest BCUT2D eigenvalue weighted by molar-refractivity contribution is 0.975. The molecule has 0 saturated heterocycles. The van der Waals surface area contributed by atoms with Crippen LogP contribution < -0.4 is 0 Å². The van der Waals surface area contributed by atoms with E-state index < -0.39 is 0 Å². The van der Waals surface area contributed by atoms with Crippen molar-refractivity contribution in [1.29, 1.82) is 5.26 Å². The Morgan fingerprint density at radius 3 is 2.55 bits per heavy atom. The van der Waals surface area contributed by atoms with Crippen LogP contribution in [0, 0.1) is 25.2 Å². The molecule has 0 saturated carbocycles. The molecule has 0 bridgehead atoms. The van der Waals surface area contributed by atoms with E-state index >= 15 is 0 Å². The number of H-pyrrole nitrogens is 1. The summed E-state index contributed by atoms with van der Waals surface area (Å²) in [4.78, 5) is 3.36. The molecule has 1 heterocycles. The number of para-hydroxylation sites is 1. The standard InChI is InChI=1S/C18H16N2/c1-12-7-8-15(13(2)9-12)16(11-19)18-10-14-5-3-4-6-17(14)20-18/h3-10,16,20H,1-2H3. The van der Waals surface area contributed by atoms with Gasteiger partial charge in [-0.25, -0.2) is 0 Å². The van der Waals surface area contributed by atoms with Crippen LogP contribution in [0.15, 0.2) is 48.5 Å². The molecule has 3 aromatic rings. The summed E-state index contributed by atoms with van der Waals surface area (Å²) in [5.74, 6) is -0.247. The Bertz CT molecular complexity index is 773. The van der Waals surface area contributed by atoms with Crippen molar-refractivity contribution in [2.75, 3.05) is 0 Å². The van der Waals surface area contributed by atoms with Crippen LogP contribution in [-0.2, 0) is 0 Å². The minimum absolute atomic E-state index is 0.247. The summed E-state index contributed by atoms with van der Waals surface area (Å²) < 4.78 is 0. The fraction of sp³-hybridized carbons (Fsp3) is 0.167. The van der Waals surface area contributed by atoms with E-state index in [2.05, 4.69) is 55.2 Å². The predicted molar refractivity (Wildman–Crippen MR) is 81.7 cm³/mol. The molecule has 1 unspecified atom stereocenters. The van der Waals surface area contributed by atoms with E-state index in [-0.39, 0.29) is 5.92 Å². The second-order valence-corrected chi connectivity index (χ2v) is 5.23. The summed E-state index contributed by atoms with van der Waals surface area (Å²) in [6, 6.07) is 18.9. The third kappa shape index (κ3) is 2.08. The third-order valence-electron chi connectivity index (χ3n) is 3.73. The van der Waals surface area contributed by atoms with Gasteiger partial charge in [-0.3, -0.25) is 0 Å². The number of rotatable bonds is 2. The zero-order valence-electron chi connectivity index (χ0n) is 11.6. The highest BCUT2D eigenvalue weighted by molar-refractivity contribution is 5.80. The maximum Gasteiger partial charge on any atom is 0.111 e. The zero-order valence-corrected chi connectivity index (χ0v) is 11.6. The summed E-state index contributed by atoms with van der Waals surface area (Å²) in [6.07, 6.45) is 0. The van der Waals surface area contributed by atoms with Gasteiger partial charge in [0.05, 0.1) is 6.07 Å². The fourth-order valence-electron chi connectivity index (χ4n) is 2.71. The van der Waals surface area contributed by atoms with E-state index in [0.29, 0.717) is 0 Å². The minimum atomic E-state index is -0.247. The van der Waals surface area contributed by atoms with Crippen LogP contribution in [0.3, 0.4) is 0 Å². The number of fused-ring (bicyclic) bond motifs is 1. The van der Waals surface area contributed by atoms with Gasteiger partial charge in [0.25, 0.3) is 0 Å². The Kier molecular flexibility index (Phi) is 3.04. The highest BCUT2D eigenvalue weighted by atomic mass is 14.7. The number of nitrogens with one attached hydrogen (secondary N) is 1. The largest absolute Gasteiger partial charge is 0.357 e. The molecule has 0 spiro atoms. The molecule has 2 nitrogen and oxygen atoms in total. The summed E-state index contributed by atoms with van der Waals surface area (Å²) in [7, 11) is 0. The molecule has 20 heavy (non-hydrogen) atoms. The minimum Gasteiger partial charge on any atom is -0.357 e. The highest BCUT2D eigenvalue weighted by Crippen LogP contribution is 2.29. The summed E-state index contributed by atoms with van der Waals surface area (Å²) >= 11 is 0. The number of hydrogen-bond acceptors (Lipinski definition) is 1. The molecule has 0 radical (unpaired) electrons. The van der Waals surface area contributed by atoms with Crippen molar-refractivity contribution >= 4 is 10.9 Å². The molecule has 0 aliphatic heterocycles. The Morgan fingerprint density at radius 1 is 1.05 bits per heavy atom. The van der Waals surface area contributed by atoms with E-state index in [1.807, 2.05) is 18.2 Å². The third-order valence-corrected chi connectivity index (χ3v) is 3.73. The summed E-state index contributed by atoms with van der Waals surface area (Å²) in [5.41, 5.74) is 5.49. The van der Waals surface area contributed by atoms with E-state index in [9.17, 15) is 5.26 Å². The number of aromatic nitrogens is 1. The zero-order chi connectivity index (χ0) is 14.1. The molecular weight excluding hydrogens is 244 g/mol. The van der Waals surface area contributed by atoms with Gasteiger partial charge in [0, 0.05) is 11.2 Å². The Balaban J connectivity index is 2.12. The van der Waals surface area contributed by atoms with Crippen LogP contribution in [0.1, 0.15) is 28.3 Å². The summed E-state index contributed by atoms with van der Waals surface area (Å²) in [5, 5.41) is 10.7. The lowest BCUT2D eigenvalue weighted by Crippen LogP contribution is -2.01. The average molecular weight is 260 g/mol. The van der Waals surface area contributed by atoms with E-state index in [1.165, 1.54) is 5.56 Å². The Morgan fingerprint density at radius 2 is 1.85 bits per heavy atom. The van der Waals surface area contributed by atoms with Gasteiger partial charge in [-0.15, -0.1) is 0 Å². The topological polar surface area (TPSA) is 39.6 Å². The van der Waals surface area contributed by atoms with Crippen molar-refractivity contribution in [3.63, 3.8) is 0 Å². The van der Waals surface area contributed by atoms with Gasteiger partial charge in [-0.2, -0.15) is 5.26 Å². The Hall–Kier alpha value is -2.53. The molecule has 1 atom stereocenters. The van der Waals surface area contributed by atoms with Crippen LogP contribution in [-0.4, -0.2) is 4.98 Å². The number of nitrogens with zero attached hydrogens (tertiary/aromatic N) is 1. The van der Waals surface area contributed by atoms with Gasteiger partial charge in [-0.05, 0) is 42.5 Å². The molecular formula is C18H16N2. The smallest absolute Gasteiger partial charge is 0.111 e. The molecule has 0 aliphatic carbocycles. The van der Waals surface area contributed by atoms with Gasteiger partial charge in [0.2, 0.25) is 0 Å². The predicted octanol–water partition coefficient (Wildman–Crippen LogP) is 4.44. The van der Waals surface area contributed by atoms with Crippen molar-refractivity contribution in [3.8, 4) is 6.07 Å². The summed E-state index contributed by atoms with van der Waals surface area (Å²) in [6.45, 7) is 4.14. The van der Waals surface area contributed by atoms with Gasteiger partial charge in [0.15, 0.2) is 0 Å². The van der Waals surface area contributed by atoms with Crippen LogP contribution in [0.2, 0.25) is 0 Å². The molecule has 1 aromatic heterocycles. The van der Waals surface area contributed by atoms with E-state index in [1.54, 1.807) is 0 Å². The quantitative estimate of drug-likeness (QED) is 0.727. The first-order chi connectivity index (χ1) is 9.69. The molecule has 2 heteroatoms. The van der Waals surface area contributed by atoms with Crippen molar-refractivity contribution < 1.29 is 0 Å². The highest BCUT2D eigenvalue weighted by Gasteiger charge is 2.17. The van der Waals surface area contributed by atoms with Crippen molar-refractivity contribution in [3.05, 3.63) is 70.9 Å². The molecule has 1 N–H and O–H groups in total. The van der Waals surface area contributed by atoms with Gasteiger partial charge >= 0.3 is 0 Å². The second-order valence-electron chi connectivity index (χ2n) is 5.23. The lowest BCUT2D eigenvalue weighted by atomic mass is 9.92. The number of hydrogen-bond donors (Lipinski definition) is 1. The van der Waals surface area contributed by atoms with Crippen LogP contribution in [0.5, 0.6) is 0 Å².